The van der Waals surface area contributed by atoms with Gasteiger partial charge in [-0.05, 0) is 46.0 Å². The molecule has 0 saturated carbocycles. The second-order valence-electron chi connectivity index (χ2n) is 6.07. The number of ether oxygens (including phenoxy) is 3. The summed E-state index contributed by atoms with van der Waals surface area (Å²) in [5.74, 6) is -0.855. The Bertz CT molecular complexity index is 326. The lowest BCUT2D eigenvalue weighted by atomic mass is 10.1. The van der Waals surface area contributed by atoms with Gasteiger partial charge in [-0.3, -0.25) is 9.59 Å². The zero-order valence-electron chi connectivity index (χ0n) is 16.0. The molecule has 0 atom stereocenters. The average molecular weight is 360 g/mol. The Morgan fingerprint density at radius 1 is 0.800 bits per heavy atom. The van der Waals surface area contributed by atoms with Gasteiger partial charge in [0, 0.05) is 26.1 Å². The molecule has 1 N–H and O–H groups in total. The number of aliphatic carboxylic acids is 1. The lowest BCUT2D eigenvalue weighted by Gasteiger charge is -2.16. The Balaban J connectivity index is 3.39. The number of esters is 1. The van der Waals surface area contributed by atoms with Gasteiger partial charge in [0.15, 0.2) is 6.29 Å². The van der Waals surface area contributed by atoms with Gasteiger partial charge in [0.25, 0.3) is 0 Å². The van der Waals surface area contributed by atoms with E-state index in [0.29, 0.717) is 26.2 Å². The van der Waals surface area contributed by atoms with E-state index in [1.807, 2.05) is 13.8 Å². The summed E-state index contributed by atoms with van der Waals surface area (Å²) in [6.07, 6.45) is 8.72. The number of hydrogen-bond acceptors (Lipinski definition) is 5. The van der Waals surface area contributed by atoms with E-state index >= 15 is 0 Å². The van der Waals surface area contributed by atoms with Gasteiger partial charge in [0.2, 0.25) is 0 Å². The molecule has 0 amide bonds. The van der Waals surface area contributed by atoms with E-state index < -0.39 is 5.97 Å². The fourth-order valence-corrected chi connectivity index (χ4v) is 2.51. The monoisotopic (exact) mass is 360 g/mol. The fourth-order valence-electron chi connectivity index (χ4n) is 2.51. The van der Waals surface area contributed by atoms with Crippen molar-refractivity contribution < 1.29 is 28.9 Å². The van der Waals surface area contributed by atoms with E-state index in [2.05, 4.69) is 0 Å². The summed E-state index contributed by atoms with van der Waals surface area (Å²) in [6.45, 7) is 5.63. The van der Waals surface area contributed by atoms with Gasteiger partial charge in [0.1, 0.15) is 0 Å². The molecule has 0 spiro atoms. The van der Waals surface area contributed by atoms with Crippen molar-refractivity contribution in [2.45, 2.75) is 90.8 Å². The first kappa shape index (κ1) is 23.9. The standard InChI is InChI=1S/C19H36O6/c1-3-23-19(24-4-2)15-11-12-16-25-18(22)14-10-8-6-5-7-9-13-17(20)21/h19H,3-16H2,1-2H3,(H,20,21). The number of unbranched alkanes of at least 4 members (excludes halogenated alkanes) is 6. The molecule has 6 nitrogen and oxygen atoms in total. The molecule has 0 aromatic carbocycles. The van der Waals surface area contributed by atoms with Gasteiger partial charge in [-0.1, -0.05) is 25.7 Å². The number of rotatable bonds is 18. The van der Waals surface area contributed by atoms with Gasteiger partial charge >= 0.3 is 11.9 Å². The summed E-state index contributed by atoms with van der Waals surface area (Å²) in [5.41, 5.74) is 0. The van der Waals surface area contributed by atoms with Crippen LogP contribution in [0.15, 0.2) is 0 Å². The van der Waals surface area contributed by atoms with Crippen LogP contribution in [0.4, 0.5) is 0 Å². The van der Waals surface area contributed by atoms with Crippen molar-refractivity contribution in [1.29, 1.82) is 0 Å². The zero-order chi connectivity index (χ0) is 18.8. The van der Waals surface area contributed by atoms with Gasteiger partial charge in [0.05, 0.1) is 6.61 Å². The third kappa shape index (κ3) is 17.5. The summed E-state index contributed by atoms with van der Waals surface area (Å²) in [7, 11) is 0. The van der Waals surface area contributed by atoms with Crippen molar-refractivity contribution in [2.75, 3.05) is 19.8 Å². The van der Waals surface area contributed by atoms with E-state index in [1.54, 1.807) is 0 Å². The van der Waals surface area contributed by atoms with Crippen LogP contribution in [0.25, 0.3) is 0 Å². The first-order chi connectivity index (χ1) is 12.1. The van der Waals surface area contributed by atoms with Gasteiger partial charge in [-0.25, -0.2) is 0 Å². The molecular weight excluding hydrogens is 324 g/mol. The minimum Gasteiger partial charge on any atom is -0.481 e. The minimum atomic E-state index is -0.728. The summed E-state index contributed by atoms with van der Waals surface area (Å²) in [5, 5.41) is 8.53. The second-order valence-corrected chi connectivity index (χ2v) is 6.07. The second kappa shape index (κ2) is 17.7. The van der Waals surface area contributed by atoms with Crippen LogP contribution in [-0.4, -0.2) is 43.2 Å². The molecule has 0 aliphatic rings. The maximum absolute atomic E-state index is 11.6. The van der Waals surface area contributed by atoms with Crippen LogP contribution in [0, 0.1) is 0 Å². The molecule has 0 unspecified atom stereocenters. The Labute approximate surface area is 152 Å². The highest BCUT2D eigenvalue weighted by Gasteiger charge is 2.08. The van der Waals surface area contributed by atoms with Crippen LogP contribution in [0.1, 0.15) is 84.5 Å². The molecule has 25 heavy (non-hydrogen) atoms. The molecule has 0 bridgehead atoms. The Morgan fingerprint density at radius 2 is 1.36 bits per heavy atom. The SMILES string of the molecule is CCOC(CCCCOC(=O)CCCCCCCCC(=O)O)OCC. The minimum absolute atomic E-state index is 0.128. The first-order valence-corrected chi connectivity index (χ1v) is 9.70. The summed E-state index contributed by atoms with van der Waals surface area (Å²) in [4.78, 5) is 22.0. The highest BCUT2D eigenvalue weighted by Crippen LogP contribution is 2.10. The van der Waals surface area contributed by atoms with E-state index in [-0.39, 0.29) is 18.7 Å². The summed E-state index contributed by atoms with van der Waals surface area (Å²) >= 11 is 0. The van der Waals surface area contributed by atoms with Crippen molar-refractivity contribution in [3.05, 3.63) is 0 Å². The third-order valence-corrected chi connectivity index (χ3v) is 3.82. The van der Waals surface area contributed by atoms with Crippen molar-refractivity contribution in [3.63, 3.8) is 0 Å². The van der Waals surface area contributed by atoms with Crippen molar-refractivity contribution in [3.8, 4) is 0 Å². The van der Waals surface area contributed by atoms with Crippen LogP contribution in [0.2, 0.25) is 0 Å². The molecule has 0 heterocycles. The van der Waals surface area contributed by atoms with E-state index in [9.17, 15) is 9.59 Å². The maximum Gasteiger partial charge on any atom is 0.305 e. The van der Waals surface area contributed by atoms with E-state index in [1.165, 1.54) is 0 Å². The van der Waals surface area contributed by atoms with Crippen LogP contribution in [-0.2, 0) is 23.8 Å². The predicted octanol–water partition coefficient (Wildman–Crippen LogP) is 4.30. The van der Waals surface area contributed by atoms with Gasteiger partial charge in [-0.2, -0.15) is 0 Å². The summed E-state index contributed by atoms with van der Waals surface area (Å²) < 4.78 is 16.2. The van der Waals surface area contributed by atoms with Gasteiger partial charge in [-0.15, -0.1) is 0 Å². The van der Waals surface area contributed by atoms with Crippen molar-refractivity contribution in [2.24, 2.45) is 0 Å². The number of carboxylic acid groups (broad SMARTS) is 1. The maximum atomic E-state index is 11.6. The highest BCUT2D eigenvalue weighted by atomic mass is 16.7. The summed E-state index contributed by atoms with van der Waals surface area (Å²) in [6, 6.07) is 0. The molecule has 0 fully saturated rings. The molecule has 6 heteroatoms. The van der Waals surface area contributed by atoms with Crippen molar-refractivity contribution in [1.82, 2.24) is 0 Å². The van der Waals surface area contributed by atoms with Crippen LogP contribution in [0.5, 0.6) is 0 Å². The van der Waals surface area contributed by atoms with E-state index in [4.69, 9.17) is 19.3 Å². The molecule has 0 rings (SSSR count). The lowest BCUT2D eigenvalue weighted by molar-refractivity contribution is -0.145. The Kier molecular flexibility index (Phi) is 16.9. The van der Waals surface area contributed by atoms with Crippen LogP contribution in [0.3, 0.4) is 0 Å². The normalized spacial score (nSPS) is 11.0. The van der Waals surface area contributed by atoms with Crippen LogP contribution < -0.4 is 0 Å². The quantitative estimate of drug-likeness (QED) is 0.223. The van der Waals surface area contributed by atoms with Gasteiger partial charge < -0.3 is 19.3 Å². The molecule has 0 aliphatic carbocycles. The average Bonchev–Trinajstić information content (AvgIpc) is 2.57. The Morgan fingerprint density at radius 3 is 1.92 bits per heavy atom. The molecule has 0 aromatic rings. The first-order valence-electron chi connectivity index (χ1n) is 9.70. The Hall–Kier alpha value is -1.14. The molecule has 148 valence electrons. The number of hydrogen-bond donors (Lipinski definition) is 1. The highest BCUT2D eigenvalue weighted by molar-refractivity contribution is 5.69. The fraction of sp³-hybridized carbons (Fsp3) is 0.895. The predicted molar refractivity (Wildman–Crippen MR) is 96.4 cm³/mol. The molecule has 0 aromatic heterocycles. The largest absolute Gasteiger partial charge is 0.481 e. The lowest BCUT2D eigenvalue weighted by Crippen LogP contribution is -2.17. The topological polar surface area (TPSA) is 82.1 Å². The third-order valence-electron chi connectivity index (χ3n) is 3.82. The van der Waals surface area contributed by atoms with Crippen molar-refractivity contribution >= 4 is 11.9 Å². The number of carbonyl (C=O) groups is 2. The number of carboxylic acids is 1. The smallest absolute Gasteiger partial charge is 0.305 e. The van der Waals surface area contributed by atoms with Crippen LogP contribution >= 0.6 is 0 Å². The zero-order valence-corrected chi connectivity index (χ0v) is 16.0. The molecule has 0 saturated heterocycles. The number of carbonyl (C=O) groups excluding carboxylic acids is 1. The molecule has 0 aliphatic heterocycles. The molecule has 0 radical (unpaired) electrons. The molecular formula is C19H36O6. The van der Waals surface area contributed by atoms with E-state index in [0.717, 1.165) is 57.8 Å².